The summed E-state index contributed by atoms with van der Waals surface area (Å²) < 4.78 is 0. The number of rotatable bonds is 4. The third kappa shape index (κ3) is 3.21. The van der Waals surface area contributed by atoms with Crippen LogP contribution in [-0.2, 0) is 6.54 Å². The maximum atomic E-state index is 11.2. The summed E-state index contributed by atoms with van der Waals surface area (Å²) in [4.78, 5) is 17.0. The number of hydrogen-bond donors (Lipinski definition) is 1. The summed E-state index contributed by atoms with van der Waals surface area (Å²) in [5.74, 6) is -0.736. The van der Waals surface area contributed by atoms with Gasteiger partial charge in [0.25, 0.3) is 0 Å². The minimum atomic E-state index is -1.05. The van der Waals surface area contributed by atoms with Crippen LogP contribution in [0, 0.1) is 0 Å². The molecule has 104 valence electrons. The zero-order valence-corrected chi connectivity index (χ0v) is 12.2. The molecule has 0 radical (unpaired) electrons. The number of aromatic nitrogens is 1. The van der Waals surface area contributed by atoms with Gasteiger partial charge in [0.15, 0.2) is 0 Å². The fourth-order valence-corrected chi connectivity index (χ4v) is 2.18. The van der Waals surface area contributed by atoms with E-state index in [4.69, 9.17) is 23.2 Å². The number of nitrogens with zero attached hydrogens (tertiary/aromatic N) is 2. The molecule has 6 heteroatoms. The van der Waals surface area contributed by atoms with Crippen molar-refractivity contribution >= 4 is 35.0 Å². The molecule has 1 N–H and O–H groups in total. The first kappa shape index (κ1) is 14.6. The lowest BCUT2D eigenvalue weighted by Gasteiger charge is -2.20. The molecular formula is C14H12Cl2N2O2. The number of carboxylic acids is 1. The van der Waals surface area contributed by atoms with Gasteiger partial charge in [-0.1, -0.05) is 41.4 Å². The Morgan fingerprint density at radius 1 is 1.25 bits per heavy atom. The number of carboxylic acid groups (broad SMARTS) is 1. The van der Waals surface area contributed by atoms with Crippen molar-refractivity contribution in [1.29, 1.82) is 0 Å². The summed E-state index contributed by atoms with van der Waals surface area (Å²) >= 11 is 11.9. The molecule has 0 aliphatic heterocycles. The van der Waals surface area contributed by atoms with Crippen molar-refractivity contribution in [2.45, 2.75) is 6.54 Å². The summed E-state index contributed by atoms with van der Waals surface area (Å²) in [6.07, 6.45) is 0. The molecule has 1 heterocycles. The number of halogens is 2. The predicted octanol–water partition coefficient (Wildman–Crippen LogP) is 3.72. The van der Waals surface area contributed by atoms with Gasteiger partial charge >= 0.3 is 5.97 Å². The highest BCUT2D eigenvalue weighted by Crippen LogP contribution is 2.23. The molecule has 0 aliphatic rings. The SMILES string of the molecule is CN(Cc1ccccc1Cl)c1nc(Cl)ccc1C(=O)O. The van der Waals surface area contributed by atoms with E-state index in [2.05, 4.69) is 4.98 Å². The van der Waals surface area contributed by atoms with Crippen molar-refractivity contribution in [3.05, 3.63) is 57.7 Å². The minimum absolute atomic E-state index is 0.101. The number of carbonyl (C=O) groups is 1. The van der Waals surface area contributed by atoms with Crippen LogP contribution >= 0.6 is 23.2 Å². The predicted molar refractivity (Wildman–Crippen MR) is 79.8 cm³/mol. The van der Waals surface area contributed by atoms with Crippen LogP contribution in [0.2, 0.25) is 10.2 Å². The number of aromatic carboxylic acids is 1. The van der Waals surface area contributed by atoms with Crippen molar-refractivity contribution in [3.8, 4) is 0 Å². The first-order valence-corrected chi connectivity index (χ1v) is 6.59. The van der Waals surface area contributed by atoms with Crippen LogP contribution in [0.25, 0.3) is 0 Å². The second-order valence-electron chi connectivity index (χ2n) is 4.26. The zero-order valence-electron chi connectivity index (χ0n) is 10.7. The Kier molecular flexibility index (Phi) is 4.47. The lowest BCUT2D eigenvalue weighted by molar-refractivity contribution is 0.0697. The van der Waals surface area contributed by atoms with E-state index < -0.39 is 5.97 Å². The fourth-order valence-electron chi connectivity index (χ4n) is 1.84. The van der Waals surface area contributed by atoms with Crippen LogP contribution in [-0.4, -0.2) is 23.1 Å². The van der Waals surface area contributed by atoms with E-state index in [1.165, 1.54) is 12.1 Å². The van der Waals surface area contributed by atoms with Gasteiger partial charge in [0.05, 0.1) is 0 Å². The summed E-state index contributed by atoms with van der Waals surface area (Å²) in [5, 5.41) is 10.1. The van der Waals surface area contributed by atoms with Gasteiger partial charge in [-0.3, -0.25) is 0 Å². The zero-order chi connectivity index (χ0) is 14.7. The van der Waals surface area contributed by atoms with Crippen LogP contribution < -0.4 is 4.90 Å². The van der Waals surface area contributed by atoms with Crippen LogP contribution in [0.1, 0.15) is 15.9 Å². The van der Waals surface area contributed by atoms with E-state index in [1.807, 2.05) is 18.2 Å². The van der Waals surface area contributed by atoms with Crippen molar-refractivity contribution in [2.75, 3.05) is 11.9 Å². The topological polar surface area (TPSA) is 53.4 Å². The fraction of sp³-hybridized carbons (Fsp3) is 0.143. The van der Waals surface area contributed by atoms with Crippen molar-refractivity contribution < 1.29 is 9.90 Å². The maximum absolute atomic E-state index is 11.2. The molecule has 4 nitrogen and oxygen atoms in total. The van der Waals surface area contributed by atoms with E-state index in [0.717, 1.165) is 5.56 Å². The molecule has 1 aromatic heterocycles. The van der Waals surface area contributed by atoms with Crippen molar-refractivity contribution in [3.63, 3.8) is 0 Å². The Bertz CT molecular complexity index is 647. The van der Waals surface area contributed by atoms with Gasteiger partial charge in [0, 0.05) is 18.6 Å². The standard InChI is InChI=1S/C14H12Cl2N2O2/c1-18(8-9-4-2-3-5-11(9)15)13-10(14(19)20)6-7-12(16)17-13/h2-7H,8H2,1H3,(H,19,20). The van der Waals surface area contributed by atoms with E-state index in [0.29, 0.717) is 17.4 Å². The molecule has 0 unspecified atom stereocenters. The molecule has 20 heavy (non-hydrogen) atoms. The first-order valence-electron chi connectivity index (χ1n) is 5.83. The van der Waals surface area contributed by atoms with Gasteiger partial charge in [-0.2, -0.15) is 0 Å². The molecule has 0 amide bonds. The van der Waals surface area contributed by atoms with E-state index >= 15 is 0 Å². The quantitative estimate of drug-likeness (QED) is 0.874. The Labute approximate surface area is 126 Å². The number of hydrogen-bond acceptors (Lipinski definition) is 3. The highest BCUT2D eigenvalue weighted by atomic mass is 35.5. The average Bonchev–Trinajstić information content (AvgIpc) is 2.40. The second kappa shape index (κ2) is 6.11. The van der Waals surface area contributed by atoms with Crippen molar-refractivity contribution in [1.82, 2.24) is 4.98 Å². The molecule has 2 aromatic rings. The maximum Gasteiger partial charge on any atom is 0.339 e. The molecule has 2 rings (SSSR count). The number of benzene rings is 1. The average molecular weight is 311 g/mol. The molecule has 0 bridgehead atoms. The molecule has 0 aliphatic carbocycles. The van der Waals surface area contributed by atoms with E-state index in [9.17, 15) is 9.90 Å². The van der Waals surface area contributed by atoms with Crippen LogP contribution in [0.4, 0.5) is 5.82 Å². The monoisotopic (exact) mass is 310 g/mol. The molecule has 0 spiro atoms. The molecule has 0 atom stereocenters. The smallest absolute Gasteiger partial charge is 0.339 e. The van der Waals surface area contributed by atoms with Crippen LogP contribution in [0.15, 0.2) is 36.4 Å². The van der Waals surface area contributed by atoms with Gasteiger partial charge < -0.3 is 10.0 Å². The van der Waals surface area contributed by atoms with Gasteiger partial charge in [0.1, 0.15) is 16.5 Å². The second-order valence-corrected chi connectivity index (χ2v) is 5.05. The lowest BCUT2D eigenvalue weighted by Crippen LogP contribution is -2.21. The van der Waals surface area contributed by atoms with Gasteiger partial charge in [-0.05, 0) is 23.8 Å². The highest BCUT2D eigenvalue weighted by Gasteiger charge is 2.16. The Morgan fingerprint density at radius 3 is 2.60 bits per heavy atom. The number of anilines is 1. The Morgan fingerprint density at radius 2 is 1.95 bits per heavy atom. The summed E-state index contributed by atoms with van der Waals surface area (Å²) in [5.41, 5.74) is 0.985. The van der Waals surface area contributed by atoms with Crippen LogP contribution in [0.3, 0.4) is 0 Å². The summed E-state index contributed by atoms with van der Waals surface area (Å²) in [6, 6.07) is 10.3. The van der Waals surface area contributed by atoms with Crippen LogP contribution in [0.5, 0.6) is 0 Å². The third-order valence-corrected chi connectivity index (χ3v) is 3.38. The van der Waals surface area contributed by atoms with E-state index in [-0.39, 0.29) is 10.7 Å². The summed E-state index contributed by atoms with van der Waals surface area (Å²) in [6.45, 7) is 0.438. The number of pyridine rings is 1. The van der Waals surface area contributed by atoms with Gasteiger partial charge in [0.2, 0.25) is 0 Å². The molecule has 1 aromatic carbocycles. The van der Waals surface area contributed by atoms with Gasteiger partial charge in [-0.15, -0.1) is 0 Å². The lowest BCUT2D eigenvalue weighted by atomic mass is 10.2. The molecule has 0 saturated heterocycles. The Balaban J connectivity index is 2.34. The molecule has 0 saturated carbocycles. The Hall–Kier alpha value is -1.78. The first-order chi connectivity index (χ1) is 9.49. The third-order valence-electron chi connectivity index (χ3n) is 2.80. The van der Waals surface area contributed by atoms with Gasteiger partial charge in [-0.25, -0.2) is 9.78 Å². The highest BCUT2D eigenvalue weighted by molar-refractivity contribution is 6.31. The minimum Gasteiger partial charge on any atom is -0.478 e. The largest absolute Gasteiger partial charge is 0.478 e. The molecular weight excluding hydrogens is 299 g/mol. The summed E-state index contributed by atoms with van der Waals surface area (Å²) in [7, 11) is 1.74. The van der Waals surface area contributed by atoms with E-state index in [1.54, 1.807) is 18.0 Å². The van der Waals surface area contributed by atoms with Crippen molar-refractivity contribution in [2.24, 2.45) is 0 Å². The normalized spacial score (nSPS) is 10.3. The molecule has 0 fully saturated rings.